The quantitative estimate of drug-likeness (QED) is 0.415. The van der Waals surface area contributed by atoms with Crippen molar-refractivity contribution in [2.75, 3.05) is 0 Å². The van der Waals surface area contributed by atoms with Gasteiger partial charge in [0.25, 0.3) is 0 Å². The van der Waals surface area contributed by atoms with Crippen LogP contribution in [0.3, 0.4) is 0 Å². The van der Waals surface area contributed by atoms with E-state index in [9.17, 15) is 0 Å². The summed E-state index contributed by atoms with van der Waals surface area (Å²) in [6.07, 6.45) is 3.53. The minimum absolute atomic E-state index is 0.309. The van der Waals surface area contributed by atoms with Crippen LogP contribution in [0.4, 0.5) is 0 Å². The molecule has 0 aliphatic rings. The summed E-state index contributed by atoms with van der Waals surface area (Å²) in [5, 5.41) is 14.2. The molecule has 0 amide bonds. The van der Waals surface area contributed by atoms with Gasteiger partial charge in [-0.1, -0.05) is 38.1 Å². The first-order valence-corrected chi connectivity index (χ1v) is 10.4. The Labute approximate surface area is 180 Å². The summed E-state index contributed by atoms with van der Waals surface area (Å²) in [6, 6.07) is 14.5. The number of hydrogen-bond acceptors (Lipinski definition) is 5. The van der Waals surface area contributed by atoms with E-state index in [0.717, 1.165) is 33.7 Å². The summed E-state index contributed by atoms with van der Waals surface area (Å²) in [5.74, 6) is 1.96. The summed E-state index contributed by atoms with van der Waals surface area (Å²) in [5.41, 5.74) is 5.95. The lowest BCUT2D eigenvalue weighted by atomic mass is 10.0. The minimum Gasteiger partial charge on any atom is -0.485 e. The van der Waals surface area contributed by atoms with Crippen LogP contribution in [0, 0.1) is 13.8 Å². The van der Waals surface area contributed by atoms with E-state index in [0.29, 0.717) is 18.3 Å². The summed E-state index contributed by atoms with van der Waals surface area (Å²) in [4.78, 5) is 4.65. The molecule has 0 saturated heterocycles. The molecule has 0 N–H and O–H groups in total. The van der Waals surface area contributed by atoms with Crippen molar-refractivity contribution in [3.05, 3.63) is 77.5 Å². The molecule has 2 aromatic carbocycles. The Morgan fingerprint density at radius 2 is 1.81 bits per heavy atom. The van der Waals surface area contributed by atoms with Crippen molar-refractivity contribution >= 4 is 16.7 Å². The Balaban J connectivity index is 1.50. The van der Waals surface area contributed by atoms with Crippen LogP contribution < -0.4 is 4.74 Å². The number of fused-ring (bicyclic) bond motifs is 3. The average molecular weight is 412 g/mol. The van der Waals surface area contributed by atoms with Crippen LogP contribution >= 0.6 is 0 Å². The third kappa shape index (κ3) is 3.42. The molecule has 31 heavy (non-hydrogen) atoms. The van der Waals surface area contributed by atoms with Crippen molar-refractivity contribution in [1.29, 1.82) is 0 Å². The molecule has 0 aliphatic carbocycles. The van der Waals surface area contributed by atoms with Gasteiger partial charge in [0.1, 0.15) is 18.7 Å². The predicted octanol–water partition coefficient (Wildman–Crippen LogP) is 4.78. The molecule has 3 aromatic heterocycles. The Hall–Kier alpha value is -3.74. The van der Waals surface area contributed by atoms with E-state index in [4.69, 9.17) is 4.74 Å². The Kier molecular flexibility index (Phi) is 4.66. The molecule has 0 unspecified atom stereocenters. The van der Waals surface area contributed by atoms with Crippen LogP contribution in [-0.4, -0.2) is 29.4 Å². The molecule has 0 bridgehead atoms. The van der Waals surface area contributed by atoms with Gasteiger partial charge < -0.3 is 4.74 Å². The van der Waals surface area contributed by atoms with Gasteiger partial charge in [0, 0.05) is 0 Å². The number of aromatic nitrogens is 6. The van der Waals surface area contributed by atoms with Gasteiger partial charge in [-0.25, -0.2) is 9.67 Å². The monoisotopic (exact) mass is 412 g/mol. The zero-order chi connectivity index (χ0) is 21.5. The van der Waals surface area contributed by atoms with Crippen molar-refractivity contribution in [2.45, 2.75) is 40.2 Å². The second-order valence-electron chi connectivity index (χ2n) is 8.17. The van der Waals surface area contributed by atoms with E-state index in [2.05, 4.69) is 78.3 Å². The zero-order valence-electron chi connectivity index (χ0n) is 18.1. The number of benzene rings is 2. The topological polar surface area (TPSA) is 70.1 Å². The van der Waals surface area contributed by atoms with E-state index >= 15 is 0 Å². The summed E-state index contributed by atoms with van der Waals surface area (Å²) < 4.78 is 9.86. The van der Waals surface area contributed by atoms with E-state index in [1.54, 1.807) is 12.5 Å². The standard InChI is InChI=1S/C24H24N6O/c1-15(2)19-9-8-17(4)11-21(19)31-13-22-27-28-24-20-12-26-30(23(20)25-14-29(22)24)18-7-5-6-16(3)10-18/h5-12,14-15H,13H2,1-4H3. The van der Waals surface area contributed by atoms with Crippen LogP contribution in [0.2, 0.25) is 0 Å². The predicted molar refractivity (Wildman–Crippen MR) is 120 cm³/mol. The van der Waals surface area contributed by atoms with Crippen LogP contribution in [0.5, 0.6) is 5.75 Å². The average Bonchev–Trinajstić information content (AvgIpc) is 3.36. The molecule has 156 valence electrons. The second-order valence-corrected chi connectivity index (χ2v) is 8.17. The molecular weight excluding hydrogens is 388 g/mol. The highest BCUT2D eigenvalue weighted by atomic mass is 16.5. The number of aryl methyl sites for hydroxylation is 2. The lowest BCUT2D eigenvalue weighted by molar-refractivity contribution is 0.290. The normalized spacial score (nSPS) is 11.6. The first kappa shape index (κ1) is 19.2. The molecule has 0 fully saturated rings. The van der Waals surface area contributed by atoms with Gasteiger partial charge in [-0.3, -0.25) is 4.40 Å². The molecule has 0 aliphatic heterocycles. The molecule has 5 rings (SSSR count). The van der Waals surface area contributed by atoms with Gasteiger partial charge in [-0.15, -0.1) is 10.2 Å². The number of nitrogens with zero attached hydrogens (tertiary/aromatic N) is 6. The summed E-state index contributed by atoms with van der Waals surface area (Å²) in [6.45, 7) is 8.76. The fraction of sp³-hybridized carbons (Fsp3) is 0.250. The minimum atomic E-state index is 0.309. The third-order valence-electron chi connectivity index (χ3n) is 5.44. The zero-order valence-corrected chi connectivity index (χ0v) is 18.1. The fourth-order valence-corrected chi connectivity index (χ4v) is 3.80. The molecule has 0 saturated carbocycles. The van der Waals surface area contributed by atoms with Gasteiger partial charge in [-0.2, -0.15) is 5.10 Å². The van der Waals surface area contributed by atoms with Crippen molar-refractivity contribution in [3.8, 4) is 11.4 Å². The van der Waals surface area contributed by atoms with Crippen molar-refractivity contribution < 1.29 is 4.74 Å². The lowest BCUT2D eigenvalue weighted by Crippen LogP contribution is -2.05. The second kappa shape index (κ2) is 7.50. The van der Waals surface area contributed by atoms with Crippen LogP contribution in [-0.2, 0) is 6.61 Å². The maximum atomic E-state index is 6.16. The molecule has 0 radical (unpaired) electrons. The number of ether oxygens (including phenoxy) is 1. The Morgan fingerprint density at radius 3 is 2.61 bits per heavy atom. The molecular formula is C24H24N6O. The maximum Gasteiger partial charge on any atom is 0.176 e. The third-order valence-corrected chi connectivity index (χ3v) is 5.44. The maximum absolute atomic E-state index is 6.16. The van der Waals surface area contributed by atoms with Crippen LogP contribution in [0.15, 0.2) is 55.0 Å². The number of hydrogen-bond donors (Lipinski definition) is 0. The molecule has 7 heteroatoms. The van der Waals surface area contributed by atoms with Gasteiger partial charge >= 0.3 is 0 Å². The Bertz CT molecular complexity index is 1400. The Morgan fingerprint density at radius 1 is 0.968 bits per heavy atom. The van der Waals surface area contributed by atoms with Crippen LogP contribution in [0.25, 0.3) is 22.4 Å². The van der Waals surface area contributed by atoms with Crippen molar-refractivity contribution in [2.24, 2.45) is 0 Å². The van der Waals surface area contributed by atoms with Crippen LogP contribution in [0.1, 0.15) is 42.3 Å². The molecule has 7 nitrogen and oxygen atoms in total. The summed E-state index contributed by atoms with van der Waals surface area (Å²) in [7, 11) is 0. The van der Waals surface area contributed by atoms with Crippen molar-refractivity contribution in [3.63, 3.8) is 0 Å². The van der Waals surface area contributed by atoms with Gasteiger partial charge in [0.05, 0.1) is 17.3 Å². The lowest BCUT2D eigenvalue weighted by Gasteiger charge is -2.14. The first-order valence-electron chi connectivity index (χ1n) is 10.4. The van der Waals surface area contributed by atoms with E-state index in [1.807, 2.05) is 21.2 Å². The van der Waals surface area contributed by atoms with Gasteiger partial charge in [0.15, 0.2) is 17.1 Å². The smallest absolute Gasteiger partial charge is 0.176 e. The van der Waals surface area contributed by atoms with Crippen molar-refractivity contribution in [1.82, 2.24) is 29.4 Å². The molecule has 0 spiro atoms. The molecule has 3 heterocycles. The van der Waals surface area contributed by atoms with E-state index in [-0.39, 0.29) is 0 Å². The summed E-state index contributed by atoms with van der Waals surface area (Å²) >= 11 is 0. The molecule has 5 aromatic rings. The fourth-order valence-electron chi connectivity index (χ4n) is 3.80. The number of rotatable bonds is 5. The largest absolute Gasteiger partial charge is 0.485 e. The first-order chi connectivity index (χ1) is 15.0. The van der Waals surface area contributed by atoms with E-state index < -0.39 is 0 Å². The highest BCUT2D eigenvalue weighted by Crippen LogP contribution is 2.28. The highest BCUT2D eigenvalue weighted by Gasteiger charge is 2.16. The van der Waals surface area contributed by atoms with Gasteiger partial charge in [-0.05, 0) is 54.7 Å². The SMILES string of the molecule is Cc1cccc(-n2ncc3c2ncn2c(COc4cc(C)ccc4C(C)C)nnc32)c1. The molecule has 0 atom stereocenters. The van der Waals surface area contributed by atoms with Gasteiger partial charge in [0.2, 0.25) is 0 Å². The highest BCUT2D eigenvalue weighted by molar-refractivity contribution is 5.89. The van der Waals surface area contributed by atoms with E-state index in [1.165, 1.54) is 11.1 Å².